The highest BCUT2D eigenvalue weighted by Gasteiger charge is 2.43. The number of hydrogen-bond donors (Lipinski definition) is 0. The van der Waals surface area contributed by atoms with Crippen LogP contribution in [0.15, 0.2) is 29.9 Å². The Labute approximate surface area is 173 Å². The van der Waals surface area contributed by atoms with Crippen LogP contribution in [0.2, 0.25) is 0 Å². The number of fused-ring (bicyclic) bond motifs is 2. The second kappa shape index (κ2) is 6.49. The van der Waals surface area contributed by atoms with E-state index in [1.807, 2.05) is 23.9 Å². The molecule has 3 aromatic heterocycles. The molecule has 2 aliphatic carbocycles. The molecule has 3 aliphatic rings. The van der Waals surface area contributed by atoms with E-state index in [1.54, 1.807) is 17.5 Å². The van der Waals surface area contributed by atoms with E-state index in [9.17, 15) is 4.79 Å². The summed E-state index contributed by atoms with van der Waals surface area (Å²) in [5.74, 6) is 1.78. The van der Waals surface area contributed by atoms with E-state index in [0.717, 1.165) is 53.2 Å². The molecule has 4 heterocycles. The number of nitrogens with zero attached hydrogens (tertiary/aromatic N) is 5. The van der Waals surface area contributed by atoms with E-state index in [2.05, 4.69) is 26.4 Å². The third-order valence-electron chi connectivity index (χ3n) is 6.57. The molecule has 0 radical (unpaired) electrons. The van der Waals surface area contributed by atoms with Crippen LogP contribution in [0, 0.1) is 12.8 Å². The number of thiophene rings is 1. The fraction of sp³-hybridized carbons (Fsp3) is 0.455. The molecule has 1 aliphatic heterocycles. The van der Waals surface area contributed by atoms with Crippen molar-refractivity contribution in [3.63, 3.8) is 0 Å². The third kappa shape index (κ3) is 2.82. The molecule has 0 unspecified atom stereocenters. The van der Waals surface area contributed by atoms with Crippen molar-refractivity contribution in [3.05, 3.63) is 46.7 Å². The summed E-state index contributed by atoms with van der Waals surface area (Å²) in [4.78, 5) is 26.0. The molecule has 7 heteroatoms. The zero-order chi connectivity index (χ0) is 19.5. The van der Waals surface area contributed by atoms with Crippen LogP contribution in [0.1, 0.15) is 59.6 Å². The smallest absolute Gasteiger partial charge is 0.257 e. The molecule has 0 spiro atoms. The van der Waals surface area contributed by atoms with Gasteiger partial charge in [0.15, 0.2) is 0 Å². The Morgan fingerprint density at radius 1 is 1.21 bits per heavy atom. The van der Waals surface area contributed by atoms with Crippen LogP contribution in [0.4, 0.5) is 0 Å². The summed E-state index contributed by atoms with van der Waals surface area (Å²) in [6.07, 6.45) is 9.39. The van der Waals surface area contributed by atoms with Crippen LogP contribution in [0.3, 0.4) is 0 Å². The van der Waals surface area contributed by atoms with Crippen molar-refractivity contribution in [2.45, 2.75) is 51.0 Å². The highest BCUT2D eigenvalue weighted by Crippen LogP contribution is 2.44. The van der Waals surface area contributed by atoms with Crippen molar-refractivity contribution in [2.75, 3.05) is 6.54 Å². The molecular weight excluding hydrogens is 382 g/mol. The number of carbonyl (C=O) groups is 1. The minimum atomic E-state index is 0.149. The van der Waals surface area contributed by atoms with Gasteiger partial charge in [-0.15, -0.1) is 11.3 Å². The van der Waals surface area contributed by atoms with Gasteiger partial charge in [-0.1, -0.05) is 6.07 Å². The molecule has 29 heavy (non-hydrogen) atoms. The standard InChI is InChI=1S/C22H23N5OS/c1-13-10-23-22(25-19(13)18-3-2-8-29-18)27-20(15-5-6-15)17(11-24-27)21(28)26-12-14-4-7-16(26)9-14/h2-3,8,10-11,14-16H,4-7,9,12H2,1H3/t14-,16-/m0/s1. The Hall–Kier alpha value is -2.54. The predicted molar refractivity (Wildman–Crippen MR) is 111 cm³/mol. The summed E-state index contributed by atoms with van der Waals surface area (Å²) < 4.78 is 1.82. The van der Waals surface area contributed by atoms with Crippen LogP contribution < -0.4 is 0 Å². The Morgan fingerprint density at radius 2 is 2.10 bits per heavy atom. The van der Waals surface area contributed by atoms with Gasteiger partial charge in [-0.05, 0) is 62.0 Å². The van der Waals surface area contributed by atoms with Crippen molar-refractivity contribution in [2.24, 2.45) is 5.92 Å². The number of likely N-dealkylation sites (tertiary alicyclic amines) is 1. The lowest BCUT2D eigenvalue weighted by molar-refractivity contribution is 0.0702. The lowest BCUT2D eigenvalue weighted by Crippen LogP contribution is -2.38. The van der Waals surface area contributed by atoms with Gasteiger partial charge >= 0.3 is 0 Å². The summed E-state index contributed by atoms with van der Waals surface area (Å²) in [7, 11) is 0. The first kappa shape index (κ1) is 17.3. The molecule has 3 aromatic rings. The molecule has 6 nitrogen and oxygen atoms in total. The zero-order valence-corrected chi connectivity index (χ0v) is 17.2. The van der Waals surface area contributed by atoms with Crippen LogP contribution in [0.25, 0.3) is 16.5 Å². The largest absolute Gasteiger partial charge is 0.335 e. The number of piperidine rings is 1. The molecule has 3 fully saturated rings. The molecule has 2 saturated carbocycles. The first-order chi connectivity index (χ1) is 14.2. The lowest BCUT2D eigenvalue weighted by Gasteiger charge is -2.27. The van der Waals surface area contributed by atoms with Crippen molar-refractivity contribution >= 4 is 17.2 Å². The fourth-order valence-electron chi connectivity index (χ4n) is 4.96. The minimum absolute atomic E-state index is 0.149. The average molecular weight is 406 g/mol. The highest BCUT2D eigenvalue weighted by atomic mass is 32.1. The summed E-state index contributed by atoms with van der Waals surface area (Å²) in [5, 5.41) is 6.66. The number of rotatable bonds is 4. The first-order valence-electron chi connectivity index (χ1n) is 10.5. The summed E-state index contributed by atoms with van der Waals surface area (Å²) in [5.41, 5.74) is 3.73. The second-order valence-electron chi connectivity index (χ2n) is 8.60. The number of aryl methyl sites for hydroxylation is 1. The van der Waals surface area contributed by atoms with Crippen LogP contribution in [-0.4, -0.2) is 43.1 Å². The summed E-state index contributed by atoms with van der Waals surface area (Å²) in [6, 6.07) is 4.53. The summed E-state index contributed by atoms with van der Waals surface area (Å²) in [6.45, 7) is 2.93. The molecule has 0 N–H and O–H groups in total. The lowest BCUT2D eigenvalue weighted by atomic mass is 10.1. The van der Waals surface area contributed by atoms with E-state index in [1.165, 1.54) is 12.8 Å². The quantitative estimate of drug-likeness (QED) is 0.653. The van der Waals surface area contributed by atoms with Gasteiger partial charge in [0, 0.05) is 24.7 Å². The second-order valence-corrected chi connectivity index (χ2v) is 9.55. The normalized spacial score (nSPS) is 23.1. The maximum Gasteiger partial charge on any atom is 0.257 e. The SMILES string of the molecule is Cc1cnc(-n2ncc(C(=O)N3C[C@H]4CC[C@H]3C4)c2C2CC2)nc1-c1cccs1. The molecule has 2 bridgehead atoms. The van der Waals surface area contributed by atoms with Gasteiger partial charge in [0.25, 0.3) is 11.9 Å². The van der Waals surface area contributed by atoms with E-state index in [4.69, 9.17) is 4.98 Å². The molecular formula is C22H23N5OS. The van der Waals surface area contributed by atoms with Crippen molar-refractivity contribution < 1.29 is 4.79 Å². The van der Waals surface area contributed by atoms with Crippen molar-refractivity contribution in [1.82, 2.24) is 24.6 Å². The molecule has 2 atom stereocenters. The first-order valence-corrected chi connectivity index (χ1v) is 11.3. The van der Waals surface area contributed by atoms with E-state index >= 15 is 0 Å². The minimum Gasteiger partial charge on any atom is -0.335 e. The third-order valence-corrected chi connectivity index (χ3v) is 7.45. The highest BCUT2D eigenvalue weighted by molar-refractivity contribution is 7.13. The monoisotopic (exact) mass is 405 g/mol. The average Bonchev–Trinajstić information content (AvgIpc) is 3.21. The van der Waals surface area contributed by atoms with Crippen molar-refractivity contribution in [1.29, 1.82) is 0 Å². The van der Waals surface area contributed by atoms with Crippen LogP contribution in [-0.2, 0) is 0 Å². The molecule has 1 amide bonds. The number of hydrogen-bond acceptors (Lipinski definition) is 5. The number of carbonyl (C=O) groups excluding carboxylic acids is 1. The Kier molecular flexibility index (Phi) is 3.88. The predicted octanol–water partition coefficient (Wildman–Crippen LogP) is 4.20. The van der Waals surface area contributed by atoms with Gasteiger partial charge in [0.05, 0.1) is 28.0 Å². The molecule has 6 rings (SSSR count). The van der Waals surface area contributed by atoms with Gasteiger partial charge in [-0.2, -0.15) is 5.10 Å². The van der Waals surface area contributed by atoms with E-state index < -0.39 is 0 Å². The van der Waals surface area contributed by atoms with Gasteiger partial charge in [-0.3, -0.25) is 4.79 Å². The molecule has 0 aromatic carbocycles. The van der Waals surface area contributed by atoms with E-state index in [0.29, 0.717) is 23.8 Å². The van der Waals surface area contributed by atoms with Crippen LogP contribution >= 0.6 is 11.3 Å². The van der Waals surface area contributed by atoms with Gasteiger partial charge < -0.3 is 4.90 Å². The molecule has 148 valence electrons. The van der Waals surface area contributed by atoms with Crippen molar-refractivity contribution in [3.8, 4) is 16.5 Å². The summed E-state index contributed by atoms with van der Waals surface area (Å²) >= 11 is 1.67. The Morgan fingerprint density at radius 3 is 2.79 bits per heavy atom. The topological polar surface area (TPSA) is 63.9 Å². The zero-order valence-electron chi connectivity index (χ0n) is 16.4. The van der Waals surface area contributed by atoms with Crippen LogP contribution in [0.5, 0.6) is 0 Å². The number of amides is 1. The fourth-order valence-corrected chi connectivity index (χ4v) is 5.74. The van der Waals surface area contributed by atoms with Gasteiger partial charge in [-0.25, -0.2) is 14.6 Å². The Bertz CT molecular complexity index is 1080. The van der Waals surface area contributed by atoms with Gasteiger partial charge in [0.1, 0.15) is 0 Å². The Balaban J connectivity index is 1.41. The van der Waals surface area contributed by atoms with E-state index in [-0.39, 0.29) is 5.91 Å². The van der Waals surface area contributed by atoms with Gasteiger partial charge in [0.2, 0.25) is 0 Å². The molecule has 1 saturated heterocycles. The maximum absolute atomic E-state index is 13.4. The number of aromatic nitrogens is 4. The maximum atomic E-state index is 13.4.